The summed E-state index contributed by atoms with van der Waals surface area (Å²) in [5, 5.41) is 5.90. The number of aromatic nitrogens is 2. The van der Waals surface area contributed by atoms with Crippen LogP contribution in [0.5, 0.6) is 0 Å². The van der Waals surface area contributed by atoms with E-state index in [0.29, 0.717) is 11.4 Å². The van der Waals surface area contributed by atoms with Crippen LogP contribution < -0.4 is 11.5 Å². The van der Waals surface area contributed by atoms with Crippen LogP contribution in [-0.2, 0) is 0 Å². The third kappa shape index (κ3) is 2.21. The number of nitrogens with two attached hydrogens (primary N) is 2. The highest BCUT2D eigenvalue weighted by molar-refractivity contribution is 5.95. The topological polar surface area (TPSA) is 69.9 Å². The summed E-state index contributed by atoms with van der Waals surface area (Å²) in [7, 11) is 0. The Balaban J connectivity index is 1.99. The highest BCUT2D eigenvalue weighted by Crippen LogP contribution is 2.31. The number of nitrogens with zero attached hydrogens (tertiary/aromatic N) is 2. The van der Waals surface area contributed by atoms with Crippen LogP contribution in [0.3, 0.4) is 0 Å². The molecule has 0 saturated heterocycles. The molecule has 0 aliphatic rings. The third-order valence-electron chi connectivity index (χ3n) is 3.95. The summed E-state index contributed by atoms with van der Waals surface area (Å²) in [4.78, 5) is 0. The number of hydrogen-bond donors (Lipinski definition) is 2. The molecule has 0 atom stereocenters. The lowest BCUT2D eigenvalue weighted by atomic mass is 10.1. The van der Waals surface area contributed by atoms with Crippen molar-refractivity contribution in [2.75, 3.05) is 11.5 Å². The fourth-order valence-corrected chi connectivity index (χ4v) is 2.77. The Bertz CT molecular complexity index is 987. The van der Waals surface area contributed by atoms with E-state index in [1.165, 1.54) is 0 Å². The molecule has 0 radical (unpaired) electrons. The van der Waals surface area contributed by atoms with E-state index in [1.54, 1.807) is 0 Å². The Morgan fingerprint density at radius 3 is 2.26 bits per heavy atom. The first-order chi connectivity index (χ1) is 11.2. The fourth-order valence-electron chi connectivity index (χ4n) is 2.77. The molecule has 112 valence electrons. The molecule has 0 unspecified atom stereocenters. The van der Waals surface area contributed by atoms with E-state index in [0.717, 1.165) is 27.8 Å². The van der Waals surface area contributed by atoms with Gasteiger partial charge in [-0.15, -0.1) is 0 Å². The summed E-state index contributed by atoms with van der Waals surface area (Å²) in [6.07, 6.45) is 0. The van der Waals surface area contributed by atoms with Crippen LogP contribution in [0.4, 0.5) is 11.4 Å². The molecule has 0 aliphatic heterocycles. The van der Waals surface area contributed by atoms with E-state index in [4.69, 9.17) is 16.6 Å². The van der Waals surface area contributed by atoms with Crippen molar-refractivity contribution in [2.24, 2.45) is 0 Å². The minimum absolute atomic E-state index is 0.570. The molecule has 23 heavy (non-hydrogen) atoms. The Hall–Kier alpha value is -3.27. The van der Waals surface area contributed by atoms with Gasteiger partial charge in [0, 0.05) is 10.9 Å². The molecule has 4 heteroatoms. The van der Waals surface area contributed by atoms with Gasteiger partial charge in [-0.2, -0.15) is 5.10 Å². The second-order valence-electron chi connectivity index (χ2n) is 5.46. The van der Waals surface area contributed by atoms with E-state index >= 15 is 0 Å². The number of nitrogen functional groups attached to an aromatic ring is 2. The molecular weight excluding hydrogens is 284 g/mol. The molecule has 4 aromatic rings. The minimum atomic E-state index is 0.570. The van der Waals surface area contributed by atoms with Crippen molar-refractivity contribution < 1.29 is 0 Å². The van der Waals surface area contributed by atoms with Gasteiger partial charge in [0.15, 0.2) is 0 Å². The molecule has 0 fully saturated rings. The summed E-state index contributed by atoms with van der Waals surface area (Å²) in [6.45, 7) is 0. The van der Waals surface area contributed by atoms with E-state index in [-0.39, 0.29) is 0 Å². The van der Waals surface area contributed by atoms with Crippen molar-refractivity contribution >= 4 is 22.3 Å². The third-order valence-corrected chi connectivity index (χ3v) is 3.95. The number of anilines is 2. The normalized spacial score (nSPS) is 11.0. The highest BCUT2D eigenvalue weighted by Gasteiger charge is 2.13. The second kappa shape index (κ2) is 5.18. The average Bonchev–Trinajstić information content (AvgIpc) is 2.98. The highest BCUT2D eigenvalue weighted by atomic mass is 15.3. The van der Waals surface area contributed by atoms with Crippen LogP contribution in [0.25, 0.3) is 27.8 Å². The van der Waals surface area contributed by atoms with Crippen molar-refractivity contribution in [3.8, 4) is 16.9 Å². The number of hydrogen-bond acceptors (Lipinski definition) is 3. The standard InChI is InChI=1S/C19H16N4/c20-16-11-10-13(12-17(16)21)19-15-8-4-5-9-18(15)23(22-19)14-6-2-1-3-7-14/h1-12H,20-21H2. The smallest absolute Gasteiger partial charge is 0.101 e. The quantitative estimate of drug-likeness (QED) is 0.552. The maximum absolute atomic E-state index is 5.96. The molecular formula is C19H16N4. The largest absolute Gasteiger partial charge is 0.397 e. The first kappa shape index (κ1) is 13.4. The monoisotopic (exact) mass is 300 g/mol. The van der Waals surface area contributed by atoms with Crippen molar-refractivity contribution in [2.45, 2.75) is 0 Å². The Kier molecular flexibility index (Phi) is 3.01. The maximum atomic E-state index is 5.96. The van der Waals surface area contributed by atoms with Gasteiger partial charge in [-0.3, -0.25) is 0 Å². The van der Waals surface area contributed by atoms with Crippen LogP contribution in [0.15, 0.2) is 72.8 Å². The molecule has 4 rings (SSSR count). The van der Waals surface area contributed by atoms with Gasteiger partial charge < -0.3 is 11.5 Å². The predicted octanol–water partition coefficient (Wildman–Crippen LogP) is 3.86. The lowest BCUT2D eigenvalue weighted by Crippen LogP contribution is -1.96. The second-order valence-corrected chi connectivity index (χ2v) is 5.46. The van der Waals surface area contributed by atoms with Crippen molar-refractivity contribution in [3.63, 3.8) is 0 Å². The first-order valence-electron chi connectivity index (χ1n) is 7.42. The summed E-state index contributed by atoms with van der Waals surface area (Å²) in [5.74, 6) is 0. The van der Waals surface area contributed by atoms with E-state index in [2.05, 4.69) is 12.1 Å². The van der Waals surface area contributed by atoms with Gasteiger partial charge >= 0.3 is 0 Å². The molecule has 1 heterocycles. The molecule has 0 bridgehead atoms. The molecule has 1 aromatic heterocycles. The Morgan fingerprint density at radius 1 is 0.739 bits per heavy atom. The van der Waals surface area contributed by atoms with Gasteiger partial charge in [0.1, 0.15) is 5.69 Å². The van der Waals surface area contributed by atoms with Crippen LogP contribution in [-0.4, -0.2) is 9.78 Å². The van der Waals surface area contributed by atoms with Gasteiger partial charge in [-0.05, 0) is 30.3 Å². The number of fused-ring (bicyclic) bond motifs is 1. The summed E-state index contributed by atoms with van der Waals surface area (Å²) in [5.41, 5.74) is 16.9. The molecule has 3 aromatic carbocycles. The van der Waals surface area contributed by atoms with E-state index in [1.807, 2.05) is 65.3 Å². The molecule has 0 aliphatic carbocycles. The van der Waals surface area contributed by atoms with Crippen LogP contribution >= 0.6 is 0 Å². The van der Waals surface area contributed by atoms with Gasteiger partial charge in [0.2, 0.25) is 0 Å². The minimum Gasteiger partial charge on any atom is -0.397 e. The zero-order valence-electron chi connectivity index (χ0n) is 12.5. The Labute approximate surface area is 134 Å². The Morgan fingerprint density at radius 2 is 1.48 bits per heavy atom. The molecule has 4 nitrogen and oxygen atoms in total. The first-order valence-corrected chi connectivity index (χ1v) is 7.42. The lowest BCUT2D eigenvalue weighted by Gasteiger charge is -2.03. The SMILES string of the molecule is Nc1ccc(-c2nn(-c3ccccc3)c3ccccc23)cc1N. The number of para-hydroxylation sites is 2. The van der Waals surface area contributed by atoms with Gasteiger partial charge in [0.05, 0.1) is 22.6 Å². The van der Waals surface area contributed by atoms with Gasteiger partial charge in [-0.1, -0.05) is 42.5 Å². The number of rotatable bonds is 2. The van der Waals surface area contributed by atoms with Crippen molar-refractivity contribution in [1.29, 1.82) is 0 Å². The van der Waals surface area contributed by atoms with Gasteiger partial charge in [0.25, 0.3) is 0 Å². The zero-order valence-corrected chi connectivity index (χ0v) is 12.5. The predicted molar refractivity (Wildman–Crippen MR) is 95.3 cm³/mol. The van der Waals surface area contributed by atoms with E-state index in [9.17, 15) is 0 Å². The summed E-state index contributed by atoms with van der Waals surface area (Å²) in [6, 6.07) is 23.9. The molecule has 0 saturated carbocycles. The lowest BCUT2D eigenvalue weighted by molar-refractivity contribution is 0.915. The molecule has 0 amide bonds. The van der Waals surface area contributed by atoms with Crippen LogP contribution in [0, 0.1) is 0 Å². The van der Waals surface area contributed by atoms with Crippen molar-refractivity contribution in [3.05, 3.63) is 72.8 Å². The average molecular weight is 300 g/mol. The van der Waals surface area contributed by atoms with Gasteiger partial charge in [-0.25, -0.2) is 4.68 Å². The molecule has 4 N–H and O–H groups in total. The van der Waals surface area contributed by atoms with E-state index < -0.39 is 0 Å². The summed E-state index contributed by atoms with van der Waals surface area (Å²) >= 11 is 0. The number of benzene rings is 3. The maximum Gasteiger partial charge on any atom is 0.101 e. The van der Waals surface area contributed by atoms with Crippen LogP contribution in [0.2, 0.25) is 0 Å². The van der Waals surface area contributed by atoms with Crippen molar-refractivity contribution in [1.82, 2.24) is 9.78 Å². The summed E-state index contributed by atoms with van der Waals surface area (Å²) < 4.78 is 1.96. The van der Waals surface area contributed by atoms with Crippen LogP contribution in [0.1, 0.15) is 0 Å². The molecule has 0 spiro atoms. The fraction of sp³-hybridized carbons (Fsp3) is 0. The zero-order chi connectivity index (χ0) is 15.8.